The Hall–Kier alpha value is -2.78. The fraction of sp³-hybridized carbons (Fsp3) is 0.158. The highest BCUT2D eigenvalue weighted by molar-refractivity contribution is 9.10. The molecule has 0 fully saturated rings. The van der Waals surface area contributed by atoms with Crippen LogP contribution in [0, 0.1) is 18.3 Å². The highest BCUT2D eigenvalue weighted by Gasteiger charge is 2.14. The first-order valence-corrected chi connectivity index (χ1v) is 8.19. The minimum Gasteiger partial charge on any atom is -0.493 e. The molecule has 2 rings (SSSR count). The van der Waals surface area contributed by atoms with Crippen LogP contribution in [0.15, 0.2) is 46.4 Å². The standard InChI is InChI=1S/C19H17BrN2O3/c1-12-4-6-16(7-5-12)22-19(23)14(11-21)8-13-9-15(20)10-17(24-2)18(13)25-3/h4-10H,1-3H3,(H,22,23)/b14-8+. The Bertz CT molecular complexity index is 852. The van der Waals surface area contributed by atoms with Gasteiger partial charge in [-0.3, -0.25) is 4.79 Å². The van der Waals surface area contributed by atoms with E-state index < -0.39 is 5.91 Å². The zero-order valence-electron chi connectivity index (χ0n) is 14.1. The number of carbonyl (C=O) groups excluding carboxylic acids is 1. The molecule has 0 aromatic heterocycles. The van der Waals surface area contributed by atoms with Gasteiger partial charge >= 0.3 is 0 Å². The van der Waals surface area contributed by atoms with Crippen molar-refractivity contribution in [1.82, 2.24) is 0 Å². The lowest BCUT2D eigenvalue weighted by molar-refractivity contribution is -0.112. The number of aryl methyl sites for hydroxylation is 1. The average molecular weight is 401 g/mol. The van der Waals surface area contributed by atoms with E-state index in [-0.39, 0.29) is 5.57 Å². The summed E-state index contributed by atoms with van der Waals surface area (Å²) in [4.78, 5) is 12.4. The molecule has 1 N–H and O–H groups in total. The SMILES string of the molecule is COc1cc(Br)cc(/C=C(\C#N)C(=O)Nc2ccc(C)cc2)c1OC. The molecular weight excluding hydrogens is 384 g/mol. The van der Waals surface area contributed by atoms with Crippen molar-refractivity contribution in [3.8, 4) is 17.6 Å². The molecule has 0 spiro atoms. The molecule has 0 heterocycles. The first-order chi connectivity index (χ1) is 12.0. The number of benzene rings is 2. The Morgan fingerprint density at radius 3 is 2.44 bits per heavy atom. The van der Waals surface area contributed by atoms with Gasteiger partial charge in [-0.05, 0) is 37.3 Å². The third kappa shape index (κ3) is 4.61. The van der Waals surface area contributed by atoms with Gasteiger partial charge in [-0.1, -0.05) is 33.6 Å². The summed E-state index contributed by atoms with van der Waals surface area (Å²) < 4.78 is 11.4. The molecule has 0 saturated carbocycles. The third-order valence-electron chi connectivity index (χ3n) is 3.45. The lowest BCUT2D eigenvalue weighted by atomic mass is 10.1. The second kappa shape index (κ2) is 8.36. The number of halogens is 1. The fourth-order valence-electron chi connectivity index (χ4n) is 2.21. The first-order valence-electron chi connectivity index (χ1n) is 7.39. The summed E-state index contributed by atoms with van der Waals surface area (Å²) in [6.07, 6.45) is 1.47. The van der Waals surface area contributed by atoms with Crippen LogP contribution in [0.1, 0.15) is 11.1 Å². The van der Waals surface area contributed by atoms with Crippen molar-refractivity contribution in [1.29, 1.82) is 5.26 Å². The van der Waals surface area contributed by atoms with E-state index in [0.29, 0.717) is 22.7 Å². The lowest BCUT2D eigenvalue weighted by Gasteiger charge is -2.12. The quantitative estimate of drug-likeness (QED) is 0.599. The van der Waals surface area contributed by atoms with Crippen LogP contribution in [0.25, 0.3) is 6.08 Å². The summed E-state index contributed by atoms with van der Waals surface area (Å²) >= 11 is 3.38. The zero-order chi connectivity index (χ0) is 18.4. The molecule has 2 aromatic rings. The van der Waals surface area contributed by atoms with Gasteiger partial charge in [0.05, 0.1) is 14.2 Å². The van der Waals surface area contributed by atoms with E-state index in [1.807, 2.05) is 25.1 Å². The maximum Gasteiger partial charge on any atom is 0.266 e. The molecule has 0 unspecified atom stereocenters. The second-order valence-electron chi connectivity index (χ2n) is 5.22. The van der Waals surface area contributed by atoms with Crippen LogP contribution in [0.3, 0.4) is 0 Å². The average Bonchev–Trinajstić information content (AvgIpc) is 2.60. The van der Waals surface area contributed by atoms with Gasteiger partial charge in [-0.15, -0.1) is 0 Å². The van der Waals surface area contributed by atoms with E-state index in [1.165, 1.54) is 20.3 Å². The van der Waals surface area contributed by atoms with Crippen molar-refractivity contribution >= 4 is 33.6 Å². The highest BCUT2D eigenvalue weighted by Crippen LogP contribution is 2.35. The molecule has 128 valence electrons. The summed E-state index contributed by atoms with van der Waals surface area (Å²) in [6, 6.07) is 12.8. The number of rotatable bonds is 5. The fourth-order valence-corrected chi connectivity index (χ4v) is 2.66. The van der Waals surface area contributed by atoms with Gasteiger partial charge in [0, 0.05) is 15.7 Å². The van der Waals surface area contributed by atoms with E-state index in [4.69, 9.17) is 9.47 Å². The maximum absolute atomic E-state index is 12.4. The Morgan fingerprint density at radius 1 is 1.20 bits per heavy atom. The van der Waals surface area contributed by atoms with Crippen LogP contribution in [-0.4, -0.2) is 20.1 Å². The van der Waals surface area contributed by atoms with Crippen LogP contribution < -0.4 is 14.8 Å². The molecule has 0 radical (unpaired) electrons. The van der Waals surface area contributed by atoms with Gasteiger partial charge in [0.1, 0.15) is 11.6 Å². The summed E-state index contributed by atoms with van der Waals surface area (Å²) in [5, 5.41) is 12.1. The van der Waals surface area contributed by atoms with Crippen molar-refractivity contribution in [2.24, 2.45) is 0 Å². The molecule has 6 heteroatoms. The number of ether oxygens (including phenoxy) is 2. The predicted octanol–water partition coefficient (Wildman–Crippen LogP) is 4.32. The smallest absolute Gasteiger partial charge is 0.266 e. The summed E-state index contributed by atoms with van der Waals surface area (Å²) in [7, 11) is 3.02. The van der Waals surface area contributed by atoms with Gasteiger partial charge in [-0.25, -0.2) is 0 Å². The topological polar surface area (TPSA) is 71.3 Å². The molecule has 0 aliphatic rings. The first kappa shape index (κ1) is 18.6. The third-order valence-corrected chi connectivity index (χ3v) is 3.90. The minimum atomic E-state index is -0.493. The number of anilines is 1. The summed E-state index contributed by atoms with van der Waals surface area (Å²) in [6.45, 7) is 1.96. The number of hydrogen-bond acceptors (Lipinski definition) is 4. The molecular formula is C19H17BrN2O3. The van der Waals surface area contributed by atoms with Crippen molar-refractivity contribution < 1.29 is 14.3 Å². The number of nitriles is 1. The van der Waals surface area contributed by atoms with Crippen LogP contribution in [0.5, 0.6) is 11.5 Å². The van der Waals surface area contributed by atoms with Gasteiger partial charge in [0.25, 0.3) is 5.91 Å². The van der Waals surface area contributed by atoms with Crippen LogP contribution in [-0.2, 0) is 4.79 Å². The van der Waals surface area contributed by atoms with E-state index in [0.717, 1.165) is 10.0 Å². The van der Waals surface area contributed by atoms with Gasteiger partial charge in [0.15, 0.2) is 11.5 Å². The Balaban J connectivity index is 2.37. The molecule has 1 amide bonds. The molecule has 0 saturated heterocycles. The molecule has 0 aliphatic heterocycles. The molecule has 0 bridgehead atoms. The number of methoxy groups -OCH3 is 2. The largest absolute Gasteiger partial charge is 0.493 e. The van der Waals surface area contributed by atoms with E-state index in [1.54, 1.807) is 24.3 Å². The zero-order valence-corrected chi connectivity index (χ0v) is 15.7. The van der Waals surface area contributed by atoms with E-state index in [2.05, 4.69) is 21.2 Å². The number of carbonyl (C=O) groups is 1. The van der Waals surface area contributed by atoms with E-state index in [9.17, 15) is 10.1 Å². The van der Waals surface area contributed by atoms with Crippen LogP contribution in [0.2, 0.25) is 0 Å². The van der Waals surface area contributed by atoms with Crippen LogP contribution >= 0.6 is 15.9 Å². The van der Waals surface area contributed by atoms with Crippen molar-refractivity contribution in [2.75, 3.05) is 19.5 Å². The number of nitrogens with zero attached hydrogens (tertiary/aromatic N) is 1. The number of amides is 1. The second-order valence-corrected chi connectivity index (χ2v) is 6.14. The number of hydrogen-bond donors (Lipinski definition) is 1. The Kier molecular flexibility index (Phi) is 6.20. The lowest BCUT2D eigenvalue weighted by Crippen LogP contribution is -2.13. The Labute approximate surface area is 155 Å². The minimum absolute atomic E-state index is 0.0426. The van der Waals surface area contributed by atoms with Crippen molar-refractivity contribution in [2.45, 2.75) is 6.92 Å². The maximum atomic E-state index is 12.4. The monoisotopic (exact) mass is 400 g/mol. The summed E-state index contributed by atoms with van der Waals surface area (Å²) in [5.41, 5.74) is 2.22. The molecule has 2 aromatic carbocycles. The van der Waals surface area contributed by atoms with Gasteiger partial charge < -0.3 is 14.8 Å². The molecule has 0 aliphatic carbocycles. The van der Waals surface area contributed by atoms with Gasteiger partial charge in [-0.2, -0.15) is 5.26 Å². The molecule has 0 atom stereocenters. The van der Waals surface area contributed by atoms with Crippen LogP contribution in [0.4, 0.5) is 5.69 Å². The normalized spacial score (nSPS) is 10.8. The molecule has 25 heavy (non-hydrogen) atoms. The van der Waals surface area contributed by atoms with Crippen molar-refractivity contribution in [3.05, 3.63) is 57.6 Å². The van der Waals surface area contributed by atoms with E-state index >= 15 is 0 Å². The van der Waals surface area contributed by atoms with Gasteiger partial charge in [0.2, 0.25) is 0 Å². The van der Waals surface area contributed by atoms with Crippen molar-refractivity contribution in [3.63, 3.8) is 0 Å². The predicted molar refractivity (Wildman–Crippen MR) is 101 cm³/mol. The Morgan fingerprint density at radius 2 is 1.88 bits per heavy atom. The molecule has 5 nitrogen and oxygen atoms in total. The highest BCUT2D eigenvalue weighted by atomic mass is 79.9. The summed E-state index contributed by atoms with van der Waals surface area (Å²) in [5.74, 6) is 0.452. The number of nitrogens with one attached hydrogen (secondary N) is 1.